The summed E-state index contributed by atoms with van der Waals surface area (Å²) in [7, 11) is -16.5. The second-order valence-electron chi connectivity index (χ2n) is 14.7. The van der Waals surface area contributed by atoms with E-state index in [4.69, 9.17) is 19.5 Å². The van der Waals surface area contributed by atoms with Gasteiger partial charge in [-0.2, -0.15) is 4.31 Å². The SMILES string of the molecule is CCn1cc(C(=O)SCCNC(=O)CCNC(=O)C(O)C(C)(C)COP(=O)(O)OP(=O)(O)OCC2OC(n3cnc4c(N)ncnc43)C(O)C2OP(=O)(O)O)c(=O)c2ccc(C)nc21. The van der Waals surface area contributed by atoms with Crippen LogP contribution in [0.4, 0.5) is 5.82 Å². The first-order chi connectivity index (χ1) is 29.8. The van der Waals surface area contributed by atoms with Gasteiger partial charge in [0.05, 0.1) is 30.5 Å². The molecule has 27 nitrogen and oxygen atoms in total. The van der Waals surface area contributed by atoms with Gasteiger partial charge >= 0.3 is 23.5 Å². The lowest BCUT2D eigenvalue weighted by Crippen LogP contribution is -2.46. The summed E-state index contributed by atoms with van der Waals surface area (Å²) in [5, 5.41) is 26.3. The van der Waals surface area contributed by atoms with Crippen LogP contribution in [0.5, 0.6) is 0 Å². The maximum Gasteiger partial charge on any atom is 0.481 e. The van der Waals surface area contributed by atoms with Crippen LogP contribution < -0.4 is 21.8 Å². The second kappa shape index (κ2) is 20.6. The number of anilines is 1. The fourth-order valence-corrected chi connectivity index (χ4v) is 9.62. The predicted octanol–water partition coefficient (Wildman–Crippen LogP) is 0.0167. The van der Waals surface area contributed by atoms with E-state index in [1.807, 2.05) is 6.92 Å². The highest BCUT2D eigenvalue weighted by Gasteiger charge is 2.50. The standard InChI is InChI=1S/C33H46N9O18P3S/c1-5-41-12-19(23(44)18-7-6-17(2)40-28(18)41)32(48)64-11-10-35-21(43)8-9-36-30(47)26(46)33(3,4)14-57-63(54,55)60-62(52,53)56-13-20-25(59-61(49,50)51)24(45)31(58-20)42-16-39-22-27(34)37-15-38-29(22)42/h6-7,12,15-16,20,24-26,31,45-46H,5,8-11,13-14H2,1-4H3,(H,35,43)(H,36,47)(H,52,53)(H,54,55)(H2,34,37,38)(H2,49,50,51). The van der Waals surface area contributed by atoms with Crippen molar-refractivity contribution in [3.63, 3.8) is 0 Å². The Kier molecular flexibility index (Phi) is 16.4. The number of carbonyl (C=O) groups is 3. The maximum absolute atomic E-state index is 13.0. The van der Waals surface area contributed by atoms with Crippen molar-refractivity contribution in [3.8, 4) is 0 Å². The van der Waals surface area contributed by atoms with E-state index in [1.54, 1.807) is 23.6 Å². The Hall–Kier alpha value is -4.08. The summed E-state index contributed by atoms with van der Waals surface area (Å²) < 4.78 is 64.0. The monoisotopic (exact) mass is 981 g/mol. The van der Waals surface area contributed by atoms with E-state index in [0.717, 1.165) is 29.0 Å². The average molecular weight is 982 g/mol. The lowest BCUT2D eigenvalue weighted by Gasteiger charge is -2.30. The summed E-state index contributed by atoms with van der Waals surface area (Å²) in [6.07, 6.45) is -5.66. The number of phosphoric ester groups is 3. The van der Waals surface area contributed by atoms with Crippen molar-refractivity contribution in [1.82, 2.24) is 39.7 Å². The molecule has 352 valence electrons. The van der Waals surface area contributed by atoms with Crippen molar-refractivity contribution >= 4 is 80.2 Å². The predicted molar refractivity (Wildman–Crippen MR) is 223 cm³/mol. The Morgan fingerprint density at radius 1 is 1.03 bits per heavy atom. The fraction of sp³-hybridized carbons (Fsp3) is 0.515. The summed E-state index contributed by atoms with van der Waals surface area (Å²) in [6.45, 7) is 4.29. The summed E-state index contributed by atoms with van der Waals surface area (Å²) in [5.74, 6) is -1.46. The van der Waals surface area contributed by atoms with E-state index in [9.17, 15) is 62.7 Å². The number of nitrogens with two attached hydrogens (primary N) is 1. The minimum atomic E-state index is -5.60. The lowest BCUT2D eigenvalue weighted by atomic mass is 9.87. The first-order valence-electron chi connectivity index (χ1n) is 18.9. The number of fused-ring (bicyclic) bond motifs is 2. The van der Waals surface area contributed by atoms with Crippen molar-refractivity contribution in [1.29, 1.82) is 0 Å². The zero-order valence-corrected chi connectivity index (χ0v) is 37.8. The number of nitrogen functional groups attached to an aromatic ring is 1. The molecule has 0 saturated carbocycles. The molecule has 7 unspecified atom stereocenters. The highest BCUT2D eigenvalue weighted by molar-refractivity contribution is 8.14. The molecule has 1 aliphatic heterocycles. The molecule has 5 rings (SSSR count). The Morgan fingerprint density at radius 3 is 2.42 bits per heavy atom. The molecule has 2 amide bonds. The van der Waals surface area contributed by atoms with Crippen molar-refractivity contribution in [2.75, 3.05) is 37.8 Å². The molecule has 4 aromatic heterocycles. The number of aromatic nitrogens is 6. The number of phosphoric acid groups is 3. The molecule has 1 aliphatic rings. The number of carbonyl (C=O) groups excluding carboxylic acids is 3. The number of rotatable bonds is 21. The van der Waals surface area contributed by atoms with E-state index >= 15 is 0 Å². The Bertz CT molecular complexity index is 2590. The average Bonchev–Trinajstić information content (AvgIpc) is 3.77. The van der Waals surface area contributed by atoms with Crippen molar-refractivity contribution in [3.05, 3.63) is 52.5 Å². The number of aliphatic hydroxyl groups excluding tert-OH is 2. The Morgan fingerprint density at radius 2 is 1.73 bits per heavy atom. The van der Waals surface area contributed by atoms with E-state index < -0.39 is 95.1 Å². The van der Waals surface area contributed by atoms with Crippen LogP contribution in [-0.2, 0) is 52.4 Å². The van der Waals surface area contributed by atoms with Crippen LogP contribution in [0.3, 0.4) is 0 Å². The molecule has 7 atom stereocenters. The lowest BCUT2D eigenvalue weighted by molar-refractivity contribution is -0.137. The molecule has 5 heterocycles. The normalized spacial score (nSPS) is 20.5. The van der Waals surface area contributed by atoms with Crippen LogP contribution in [0, 0.1) is 12.3 Å². The van der Waals surface area contributed by atoms with Crippen LogP contribution in [0.25, 0.3) is 22.2 Å². The highest BCUT2D eigenvalue weighted by atomic mass is 32.2. The zero-order chi connectivity index (χ0) is 47.4. The van der Waals surface area contributed by atoms with E-state index in [0.29, 0.717) is 23.3 Å². The van der Waals surface area contributed by atoms with Gasteiger partial charge in [0.15, 0.2) is 17.7 Å². The van der Waals surface area contributed by atoms with Gasteiger partial charge in [0.1, 0.15) is 41.9 Å². The van der Waals surface area contributed by atoms with Gasteiger partial charge in [-0.1, -0.05) is 25.6 Å². The highest BCUT2D eigenvalue weighted by Crippen LogP contribution is 2.61. The third kappa shape index (κ3) is 12.8. The smallest absolute Gasteiger partial charge is 0.386 e. The number of pyridine rings is 2. The minimum absolute atomic E-state index is 0.0203. The third-order valence-electron chi connectivity index (χ3n) is 9.36. The molecule has 1 fully saturated rings. The molecule has 0 radical (unpaired) electrons. The summed E-state index contributed by atoms with van der Waals surface area (Å²) in [5.41, 5.74) is 4.91. The number of amides is 2. The number of thioether (sulfide) groups is 1. The number of hydrogen-bond donors (Lipinski definition) is 9. The van der Waals surface area contributed by atoms with Gasteiger partial charge in [-0.05, 0) is 26.0 Å². The van der Waals surface area contributed by atoms with Crippen LogP contribution in [0.1, 0.15) is 49.5 Å². The number of nitrogens with zero attached hydrogens (tertiary/aromatic N) is 6. The largest absolute Gasteiger partial charge is 0.481 e. The molecule has 1 saturated heterocycles. The maximum atomic E-state index is 13.0. The second-order valence-corrected chi connectivity index (χ2v) is 20.0. The fourth-order valence-electron chi connectivity index (χ4n) is 6.10. The van der Waals surface area contributed by atoms with E-state index in [-0.39, 0.29) is 47.8 Å². The number of imidazole rings is 1. The van der Waals surface area contributed by atoms with Crippen molar-refractivity contribution in [2.45, 2.75) is 71.3 Å². The number of aryl methyl sites for hydroxylation is 2. The van der Waals surface area contributed by atoms with Crippen LogP contribution >= 0.6 is 35.2 Å². The Labute approximate surface area is 366 Å². The molecule has 64 heavy (non-hydrogen) atoms. The molecular formula is C33H46N9O18P3S. The summed E-state index contributed by atoms with van der Waals surface area (Å²) in [4.78, 5) is 106. The van der Waals surface area contributed by atoms with Crippen molar-refractivity contribution < 1.29 is 80.5 Å². The quantitative estimate of drug-likeness (QED) is 0.0392. The molecule has 0 spiro atoms. The van der Waals surface area contributed by atoms with Gasteiger partial charge in [0.25, 0.3) is 0 Å². The molecule has 4 aromatic rings. The molecule has 0 bridgehead atoms. The molecule has 31 heteroatoms. The molecule has 0 aliphatic carbocycles. The van der Waals surface area contributed by atoms with Gasteiger partial charge in [0.2, 0.25) is 22.4 Å². The first kappa shape index (κ1) is 50.9. The van der Waals surface area contributed by atoms with E-state index in [2.05, 4.69) is 39.4 Å². The van der Waals surface area contributed by atoms with Gasteiger partial charge in [-0.15, -0.1) is 0 Å². The third-order valence-corrected chi connectivity index (χ3v) is 13.3. The van der Waals surface area contributed by atoms with Crippen molar-refractivity contribution in [2.24, 2.45) is 5.41 Å². The topological polar surface area (TPSA) is 399 Å². The van der Waals surface area contributed by atoms with Crippen LogP contribution in [0.2, 0.25) is 0 Å². The Balaban J connectivity index is 1.05. The van der Waals surface area contributed by atoms with Gasteiger partial charge < -0.3 is 55.5 Å². The van der Waals surface area contributed by atoms with E-state index in [1.165, 1.54) is 20.0 Å². The molecule has 10 N–H and O–H groups in total. The van der Waals surface area contributed by atoms with Gasteiger partial charge in [-0.25, -0.2) is 33.6 Å². The number of hydrogen-bond acceptors (Lipinski definition) is 20. The minimum Gasteiger partial charge on any atom is -0.386 e. The van der Waals surface area contributed by atoms with Gasteiger partial charge in [0, 0.05) is 49.1 Å². The zero-order valence-electron chi connectivity index (χ0n) is 34.3. The van der Waals surface area contributed by atoms with Crippen LogP contribution in [0.15, 0.2) is 35.8 Å². The number of aliphatic hydroxyl groups is 2. The summed E-state index contributed by atoms with van der Waals surface area (Å²) >= 11 is 0.835. The van der Waals surface area contributed by atoms with Gasteiger partial charge in [-0.3, -0.25) is 37.3 Å². The first-order valence-corrected chi connectivity index (χ1v) is 24.4. The molecular weight excluding hydrogens is 935 g/mol. The number of ether oxygens (including phenoxy) is 1. The number of nitrogens with one attached hydrogen (secondary N) is 2. The van der Waals surface area contributed by atoms with Crippen LogP contribution in [-0.4, -0.2) is 132 Å². The molecule has 0 aromatic carbocycles. The summed E-state index contributed by atoms with van der Waals surface area (Å²) in [6, 6.07) is 3.30.